The monoisotopic (exact) mass is 702 g/mol. The van der Waals surface area contributed by atoms with Gasteiger partial charge in [-0.15, -0.1) is 6.42 Å². The summed E-state index contributed by atoms with van der Waals surface area (Å²) in [6, 6.07) is 6.45. The largest absolute Gasteiger partial charge is 0.508 e. The van der Waals surface area contributed by atoms with Crippen LogP contribution in [0.3, 0.4) is 0 Å². The number of likely N-dealkylation sites (tertiary alicyclic amines) is 1. The summed E-state index contributed by atoms with van der Waals surface area (Å²) in [6.45, 7) is 9.56. The van der Waals surface area contributed by atoms with E-state index in [-0.39, 0.29) is 42.4 Å². The summed E-state index contributed by atoms with van der Waals surface area (Å²) >= 11 is 0. The predicted molar refractivity (Wildman–Crippen MR) is 195 cm³/mol. The zero-order chi connectivity index (χ0) is 35.9. The van der Waals surface area contributed by atoms with Gasteiger partial charge in [-0.2, -0.15) is 9.97 Å². The van der Waals surface area contributed by atoms with Gasteiger partial charge in [-0.25, -0.2) is 8.78 Å². The van der Waals surface area contributed by atoms with Crippen molar-refractivity contribution in [3.05, 3.63) is 46.9 Å². The molecule has 10 heteroatoms. The number of aliphatic hydroxyl groups is 1. The van der Waals surface area contributed by atoms with Gasteiger partial charge in [0.05, 0.1) is 29.0 Å². The second kappa shape index (κ2) is 14.4. The number of aromatic nitrogens is 2. The predicted octanol–water partition coefficient (Wildman–Crippen LogP) is 7.31. The summed E-state index contributed by atoms with van der Waals surface area (Å²) in [7, 11) is 0. The van der Waals surface area contributed by atoms with Crippen molar-refractivity contribution in [1.29, 1.82) is 0 Å². The lowest BCUT2D eigenvalue weighted by molar-refractivity contribution is -0.0157. The average molecular weight is 703 g/mol. The normalized spacial score (nSPS) is 28.7. The van der Waals surface area contributed by atoms with Crippen molar-refractivity contribution < 1.29 is 28.5 Å². The Hall–Kier alpha value is -3.68. The first-order chi connectivity index (χ1) is 24.5. The van der Waals surface area contributed by atoms with Crippen LogP contribution < -0.4 is 14.4 Å². The van der Waals surface area contributed by atoms with Crippen molar-refractivity contribution in [3.63, 3.8) is 0 Å². The minimum atomic E-state index is -0.955. The van der Waals surface area contributed by atoms with Crippen LogP contribution in [0.1, 0.15) is 101 Å². The number of ether oxygens (including phenoxy) is 2. The maximum absolute atomic E-state index is 15.4. The molecule has 0 spiro atoms. The molecule has 51 heavy (non-hydrogen) atoms. The molecule has 0 radical (unpaired) electrons. The molecule has 3 atom stereocenters. The van der Waals surface area contributed by atoms with Gasteiger partial charge in [0, 0.05) is 50.3 Å². The van der Waals surface area contributed by atoms with Gasteiger partial charge in [0.2, 0.25) is 0 Å². The highest BCUT2D eigenvalue weighted by atomic mass is 19.1. The maximum atomic E-state index is 15.4. The van der Waals surface area contributed by atoms with E-state index in [9.17, 15) is 14.6 Å². The summed E-state index contributed by atoms with van der Waals surface area (Å²) in [5.41, 5.74) is 0.407. The van der Waals surface area contributed by atoms with Gasteiger partial charge in [-0.05, 0) is 86.4 Å². The standard InChI is InChI=1S/C41H52F2N4O4/c1-5-32-34(43)11-10-28-18-31(48)20-33(36(28)32)29-19-35-37(50-24-29)38(46-16-8-6-7-9-17-46)45-39(44-35)51-25-41(26(2)3)21-30(42)23-47(41)22-27-12-14-40(4,49)15-13-27/h1,10-11,18,20,26-27,29-30,48-49H,6-9,12-17,19,21-25H2,2-4H3/t27?,29-,30-,40?,41+/m1/s1. The molecule has 0 bridgehead atoms. The molecule has 1 aromatic heterocycles. The van der Waals surface area contributed by atoms with E-state index in [1.807, 2.05) is 6.92 Å². The molecule has 3 aliphatic heterocycles. The lowest BCUT2D eigenvalue weighted by Gasteiger charge is -2.44. The van der Waals surface area contributed by atoms with Crippen LogP contribution in [0, 0.1) is 30.0 Å². The van der Waals surface area contributed by atoms with Crippen LogP contribution in [0.15, 0.2) is 24.3 Å². The van der Waals surface area contributed by atoms with Crippen LogP contribution in [0.5, 0.6) is 17.5 Å². The van der Waals surface area contributed by atoms with Crippen molar-refractivity contribution >= 4 is 16.6 Å². The maximum Gasteiger partial charge on any atom is 0.318 e. The lowest BCUT2D eigenvalue weighted by Crippen LogP contribution is -2.54. The summed E-state index contributed by atoms with van der Waals surface area (Å²) in [6.07, 6.45) is 13.5. The Morgan fingerprint density at radius 3 is 2.57 bits per heavy atom. The summed E-state index contributed by atoms with van der Waals surface area (Å²) in [5, 5.41) is 22.5. The van der Waals surface area contributed by atoms with Gasteiger partial charge in [-0.3, -0.25) is 4.90 Å². The number of nitrogens with zero attached hydrogens (tertiary/aromatic N) is 4. The quantitative estimate of drug-likeness (QED) is 0.236. The molecular formula is C41H52F2N4O4. The Kier molecular flexibility index (Phi) is 10.1. The number of anilines is 1. The third-order valence-corrected chi connectivity index (χ3v) is 12.1. The fourth-order valence-electron chi connectivity index (χ4n) is 9.06. The number of terminal acetylenes is 1. The minimum Gasteiger partial charge on any atom is -0.508 e. The van der Waals surface area contributed by atoms with Crippen LogP contribution in [0.25, 0.3) is 10.8 Å². The lowest BCUT2D eigenvalue weighted by atomic mass is 9.78. The Balaban J connectivity index is 1.21. The molecule has 4 aliphatic rings. The first-order valence-electron chi connectivity index (χ1n) is 18.9. The molecular weight excluding hydrogens is 650 g/mol. The van der Waals surface area contributed by atoms with Crippen molar-refractivity contribution in [2.24, 2.45) is 11.8 Å². The number of alkyl halides is 1. The van der Waals surface area contributed by atoms with Crippen molar-refractivity contribution in [2.45, 2.75) is 108 Å². The van der Waals surface area contributed by atoms with Crippen molar-refractivity contribution in [3.8, 4) is 29.9 Å². The van der Waals surface area contributed by atoms with Crippen molar-refractivity contribution in [2.75, 3.05) is 44.3 Å². The minimum absolute atomic E-state index is 0.0692. The number of rotatable bonds is 8. The summed E-state index contributed by atoms with van der Waals surface area (Å²) in [4.78, 5) is 14.5. The second-order valence-electron chi connectivity index (χ2n) is 16.1. The Bertz CT molecular complexity index is 1780. The van der Waals surface area contributed by atoms with Gasteiger partial charge in [0.25, 0.3) is 0 Å². The topological polar surface area (TPSA) is 91.2 Å². The Labute approximate surface area is 300 Å². The van der Waals surface area contributed by atoms with Gasteiger partial charge in [0.15, 0.2) is 11.6 Å². The number of benzene rings is 2. The van der Waals surface area contributed by atoms with Crippen LogP contribution >= 0.6 is 0 Å². The van der Waals surface area contributed by atoms with Crippen LogP contribution in [0.4, 0.5) is 14.6 Å². The van der Waals surface area contributed by atoms with E-state index in [0.29, 0.717) is 58.9 Å². The first kappa shape index (κ1) is 35.7. The SMILES string of the molecule is C#Cc1c(F)ccc2cc(O)cc([C@H]3COc4c(nc(OC[C@]5(C(C)C)C[C@@H](F)CN5CC5CCC(C)(O)CC5)nc4N4CCCCCC4)C3)c12. The Morgan fingerprint density at radius 1 is 1.12 bits per heavy atom. The molecule has 7 rings (SSSR count). The van der Waals surface area contributed by atoms with E-state index in [1.54, 1.807) is 18.2 Å². The number of hydrogen-bond donors (Lipinski definition) is 2. The average Bonchev–Trinajstić information content (AvgIpc) is 3.23. The molecule has 2 N–H and O–H groups in total. The smallest absolute Gasteiger partial charge is 0.318 e. The zero-order valence-corrected chi connectivity index (χ0v) is 30.3. The molecule has 274 valence electrons. The number of phenols is 1. The molecule has 1 aliphatic carbocycles. The molecule has 0 amide bonds. The highest BCUT2D eigenvalue weighted by molar-refractivity contribution is 5.93. The third-order valence-electron chi connectivity index (χ3n) is 12.1. The molecule has 3 aromatic rings. The molecule has 4 heterocycles. The summed E-state index contributed by atoms with van der Waals surface area (Å²) < 4.78 is 43.4. The number of fused-ring (bicyclic) bond motifs is 2. The molecule has 2 saturated heterocycles. The molecule has 3 fully saturated rings. The molecule has 2 aromatic carbocycles. The number of halogens is 2. The van der Waals surface area contributed by atoms with Gasteiger partial charge >= 0.3 is 6.01 Å². The van der Waals surface area contributed by atoms with E-state index in [1.165, 1.54) is 6.07 Å². The van der Waals surface area contributed by atoms with Gasteiger partial charge in [0.1, 0.15) is 24.3 Å². The highest BCUT2D eigenvalue weighted by Gasteiger charge is 2.50. The van der Waals surface area contributed by atoms with Crippen LogP contribution in [-0.2, 0) is 6.42 Å². The third kappa shape index (κ3) is 7.21. The molecule has 8 nitrogen and oxygen atoms in total. The van der Waals surface area contributed by atoms with E-state index in [2.05, 4.69) is 29.6 Å². The summed E-state index contributed by atoms with van der Waals surface area (Å²) in [5.74, 6) is 3.70. The number of hydrogen-bond acceptors (Lipinski definition) is 8. The fraction of sp³-hybridized carbons (Fsp3) is 0.610. The highest BCUT2D eigenvalue weighted by Crippen LogP contribution is 2.44. The second-order valence-corrected chi connectivity index (χ2v) is 16.1. The van der Waals surface area contributed by atoms with E-state index < -0.39 is 23.1 Å². The first-order valence-corrected chi connectivity index (χ1v) is 18.9. The van der Waals surface area contributed by atoms with E-state index in [4.69, 9.17) is 25.9 Å². The molecule has 1 saturated carbocycles. The number of aromatic hydroxyl groups is 1. The zero-order valence-electron chi connectivity index (χ0n) is 30.3. The van der Waals surface area contributed by atoms with Crippen molar-refractivity contribution in [1.82, 2.24) is 14.9 Å². The number of phenolic OH excluding ortho intramolecular Hbond substituents is 1. The van der Waals surface area contributed by atoms with E-state index >= 15 is 4.39 Å². The fourth-order valence-corrected chi connectivity index (χ4v) is 9.06. The van der Waals surface area contributed by atoms with Crippen LogP contribution in [-0.4, -0.2) is 81.8 Å². The Morgan fingerprint density at radius 2 is 1.86 bits per heavy atom. The molecule has 0 unspecified atom stereocenters. The van der Waals surface area contributed by atoms with Gasteiger partial charge < -0.3 is 24.6 Å². The van der Waals surface area contributed by atoms with Crippen LogP contribution in [0.2, 0.25) is 0 Å². The van der Waals surface area contributed by atoms with E-state index in [0.717, 1.165) is 71.0 Å². The van der Waals surface area contributed by atoms with Gasteiger partial charge in [-0.1, -0.05) is 38.7 Å².